The molecular formula is C29H22N2O3. The second-order valence-corrected chi connectivity index (χ2v) is 7.95. The number of rotatable bonds is 6. The van der Waals surface area contributed by atoms with Crippen molar-refractivity contribution in [1.29, 1.82) is 0 Å². The Labute approximate surface area is 196 Å². The Morgan fingerprint density at radius 1 is 0.794 bits per heavy atom. The average Bonchev–Trinajstić information content (AvgIpc) is 2.87. The van der Waals surface area contributed by atoms with Gasteiger partial charge in [-0.05, 0) is 75.1 Å². The number of carbonyl (C=O) groups is 1. The Balaban J connectivity index is 1.19. The summed E-state index contributed by atoms with van der Waals surface area (Å²) in [5.41, 5.74) is 4.55. The smallest absolute Gasteiger partial charge is 0.275 e. The zero-order valence-electron chi connectivity index (χ0n) is 18.3. The van der Waals surface area contributed by atoms with Crippen LogP contribution in [0.4, 0.5) is 0 Å². The van der Waals surface area contributed by atoms with Crippen molar-refractivity contribution in [3.8, 4) is 11.5 Å². The van der Waals surface area contributed by atoms with E-state index in [-0.39, 0.29) is 11.3 Å². The molecule has 0 aromatic heterocycles. The first kappa shape index (κ1) is 21.2. The minimum atomic E-state index is -0.477. The van der Waals surface area contributed by atoms with Crippen molar-refractivity contribution in [2.45, 2.75) is 6.61 Å². The van der Waals surface area contributed by atoms with Gasteiger partial charge in [0.2, 0.25) is 0 Å². The van der Waals surface area contributed by atoms with Gasteiger partial charge in [-0.15, -0.1) is 0 Å². The first-order chi connectivity index (χ1) is 16.7. The predicted molar refractivity (Wildman–Crippen MR) is 135 cm³/mol. The van der Waals surface area contributed by atoms with Gasteiger partial charge in [0.05, 0.1) is 11.8 Å². The van der Waals surface area contributed by atoms with Gasteiger partial charge in [0.1, 0.15) is 18.1 Å². The molecule has 5 heteroatoms. The highest BCUT2D eigenvalue weighted by atomic mass is 16.5. The quantitative estimate of drug-likeness (QED) is 0.247. The van der Waals surface area contributed by atoms with Gasteiger partial charge in [-0.1, -0.05) is 60.7 Å². The maximum atomic E-state index is 12.5. The number of nitrogens with one attached hydrogen (secondary N) is 1. The summed E-state index contributed by atoms with van der Waals surface area (Å²) in [5, 5.41) is 18.3. The molecular weight excluding hydrogens is 424 g/mol. The average molecular weight is 447 g/mol. The molecule has 0 radical (unpaired) electrons. The molecule has 0 spiro atoms. The van der Waals surface area contributed by atoms with Gasteiger partial charge in [-0.3, -0.25) is 4.79 Å². The lowest BCUT2D eigenvalue weighted by atomic mass is 10.1. The minimum absolute atomic E-state index is 0.0840. The third-order valence-electron chi connectivity index (χ3n) is 5.59. The van der Waals surface area contributed by atoms with E-state index in [4.69, 9.17) is 4.74 Å². The second kappa shape index (κ2) is 9.46. The largest absolute Gasteiger partial charge is 0.507 e. The van der Waals surface area contributed by atoms with Crippen molar-refractivity contribution >= 4 is 33.7 Å². The van der Waals surface area contributed by atoms with E-state index in [0.717, 1.165) is 27.6 Å². The number of ether oxygens (including phenoxy) is 1. The van der Waals surface area contributed by atoms with Crippen molar-refractivity contribution in [2.24, 2.45) is 5.10 Å². The zero-order chi connectivity index (χ0) is 23.3. The Hall–Kier alpha value is -4.64. The van der Waals surface area contributed by atoms with Crippen LogP contribution in [0.1, 0.15) is 21.5 Å². The number of hydrogen-bond donors (Lipinski definition) is 2. The molecule has 1 amide bonds. The Bertz CT molecular complexity index is 1510. The standard InChI is InChI=1S/C29H22N2O3/c32-28-17-25-8-4-3-7-24(25)16-27(28)29(33)31-30-18-20-10-13-26(14-11-20)34-19-21-9-12-22-5-1-2-6-23(22)15-21/h1-18,32H,19H2,(H,31,33)/b30-18-. The molecule has 0 heterocycles. The molecule has 34 heavy (non-hydrogen) atoms. The number of fused-ring (bicyclic) bond motifs is 2. The van der Waals surface area contributed by atoms with Gasteiger partial charge in [0.25, 0.3) is 5.91 Å². The summed E-state index contributed by atoms with van der Waals surface area (Å²) in [6, 6.07) is 32.7. The van der Waals surface area contributed by atoms with Crippen LogP contribution < -0.4 is 10.2 Å². The van der Waals surface area contributed by atoms with Gasteiger partial charge < -0.3 is 9.84 Å². The Kier molecular flexibility index (Phi) is 5.91. The number of nitrogens with zero attached hydrogens (tertiary/aromatic N) is 1. The summed E-state index contributed by atoms with van der Waals surface area (Å²) in [7, 11) is 0. The lowest BCUT2D eigenvalue weighted by molar-refractivity contribution is 0.0952. The summed E-state index contributed by atoms with van der Waals surface area (Å²) in [6.45, 7) is 0.476. The van der Waals surface area contributed by atoms with Gasteiger partial charge >= 0.3 is 0 Å². The SMILES string of the molecule is O=C(N/N=C\c1ccc(OCc2ccc3ccccc3c2)cc1)c1cc2ccccc2cc1O. The van der Waals surface area contributed by atoms with E-state index < -0.39 is 5.91 Å². The fraction of sp³-hybridized carbons (Fsp3) is 0.0345. The highest BCUT2D eigenvalue weighted by Crippen LogP contribution is 2.25. The fourth-order valence-electron chi connectivity index (χ4n) is 3.78. The van der Waals surface area contributed by atoms with E-state index in [2.05, 4.69) is 40.9 Å². The number of carbonyl (C=O) groups excluding carboxylic acids is 1. The van der Waals surface area contributed by atoms with Gasteiger partial charge in [-0.25, -0.2) is 5.43 Å². The van der Waals surface area contributed by atoms with Crippen LogP contribution in [-0.2, 0) is 6.61 Å². The van der Waals surface area contributed by atoms with Crippen LogP contribution in [0.15, 0.2) is 108 Å². The monoisotopic (exact) mass is 446 g/mol. The minimum Gasteiger partial charge on any atom is -0.507 e. The summed E-state index contributed by atoms with van der Waals surface area (Å²) >= 11 is 0. The van der Waals surface area contributed by atoms with Crippen molar-refractivity contribution < 1.29 is 14.6 Å². The molecule has 0 fully saturated rings. The first-order valence-electron chi connectivity index (χ1n) is 10.9. The number of amides is 1. The van der Waals surface area contributed by atoms with E-state index in [9.17, 15) is 9.90 Å². The third kappa shape index (κ3) is 4.74. The summed E-state index contributed by atoms with van der Waals surface area (Å²) in [6.07, 6.45) is 1.54. The molecule has 5 aromatic carbocycles. The van der Waals surface area contributed by atoms with Crippen molar-refractivity contribution in [1.82, 2.24) is 5.43 Å². The van der Waals surface area contributed by atoms with E-state index in [1.807, 2.05) is 60.7 Å². The Morgan fingerprint density at radius 2 is 1.44 bits per heavy atom. The summed E-state index contributed by atoms with van der Waals surface area (Å²) < 4.78 is 5.90. The lowest BCUT2D eigenvalue weighted by Crippen LogP contribution is -2.17. The van der Waals surface area contributed by atoms with Crippen LogP contribution in [0.3, 0.4) is 0 Å². The molecule has 2 N–H and O–H groups in total. The lowest BCUT2D eigenvalue weighted by Gasteiger charge is -2.08. The second-order valence-electron chi connectivity index (χ2n) is 7.95. The van der Waals surface area contributed by atoms with Crippen LogP contribution in [0, 0.1) is 0 Å². The number of phenolic OH excluding ortho intramolecular Hbond substituents is 1. The van der Waals surface area contributed by atoms with Crippen molar-refractivity contribution in [3.63, 3.8) is 0 Å². The molecule has 0 aliphatic rings. The number of aromatic hydroxyl groups is 1. The van der Waals surface area contributed by atoms with Crippen molar-refractivity contribution in [2.75, 3.05) is 0 Å². The molecule has 0 bridgehead atoms. The number of benzene rings is 5. The summed E-state index contributed by atoms with van der Waals surface area (Å²) in [4.78, 5) is 12.5. The third-order valence-corrected chi connectivity index (χ3v) is 5.59. The van der Waals surface area contributed by atoms with Crippen LogP contribution in [0.5, 0.6) is 11.5 Å². The molecule has 5 aromatic rings. The summed E-state index contributed by atoms with van der Waals surface area (Å²) in [5.74, 6) is 0.185. The van der Waals surface area contributed by atoms with E-state index in [0.29, 0.717) is 6.61 Å². The molecule has 5 rings (SSSR count). The van der Waals surface area contributed by atoms with Crippen molar-refractivity contribution in [3.05, 3.63) is 120 Å². The number of hydrazone groups is 1. The number of phenols is 1. The van der Waals surface area contributed by atoms with E-state index in [1.54, 1.807) is 18.3 Å². The molecule has 5 nitrogen and oxygen atoms in total. The Morgan fingerprint density at radius 3 is 2.18 bits per heavy atom. The van der Waals surface area contributed by atoms with Gasteiger partial charge in [0, 0.05) is 0 Å². The first-order valence-corrected chi connectivity index (χ1v) is 10.9. The van der Waals surface area contributed by atoms with Crippen LogP contribution in [0.2, 0.25) is 0 Å². The molecule has 0 saturated heterocycles. The molecule has 0 atom stereocenters. The predicted octanol–water partition coefficient (Wildman–Crippen LogP) is 6.04. The molecule has 0 aliphatic heterocycles. The highest BCUT2D eigenvalue weighted by Gasteiger charge is 2.11. The van der Waals surface area contributed by atoms with Crippen LogP contribution in [0.25, 0.3) is 21.5 Å². The normalized spacial score (nSPS) is 11.2. The number of hydrogen-bond acceptors (Lipinski definition) is 4. The fourth-order valence-corrected chi connectivity index (χ4v) is 3.78. The molecule has 0 unspecified atom stereocenters. The van der Waals surface area contributed by atoms with E-state index >= 15 is 0 Å². The molecule has 0 aliphatic carbocycles. The topological polar surface area (TPSA) is 70.9 Å². The molecule has 166 valence electrons. The maximum Gasteiger partial charge on any atom is 0.275 e. The van der Waals surface area contributed by atoms with E-state index in [1.165, 1.54) is 10.8 Å². The maximum absolute atomic E-state index is 12.5. The molecule has 0 saturated carbocycles. The van der Waals surface area contributed by atoms with Gasteiger partial charge in [0.15, 0.2) is 0 Å². The van der Waals surface area contributed by atoms with Crippen LogP contribution >= 0.6 is 0 Å². The highest BCUT2D eigenvalue weighted by molar-refractivity contribution is 6.01. The van der Waals surface area contributed by atoms with Gasteiger partial charge in [-0.2, -0.15) is 5.10 Å². The zero-order valence-corrected chi connectivity index (χ0v) is 18.3. The van der Waals surface area contributed by atoms with Crippen LogP contribution in [-0.4, -0.2) is 17.2 Å².